The topological polar surface area (TPSA) is 96.9 Å². The van der Waals surface area contributed by atoms with Gasteiger partial charge < -0.3 is 21.8 Å². The molecule has 1 unspecified atom stereocenters. The molecular formula is C12H22N4O. The van der Waals surface area contributed by atoms with E-state index in [1.807, 2.05) is 27.7 Å². The molecule has 1 amide bonds. The van der Waals surface area contributed by atoms with E-state index in [0.717, 1.165) is 5.56 Å². The largest absolute Gasteiger partial charge is 0.385 e. The van der Waals surface area contributed by atoms with Crippen molar-refractivity contribution in [1.82, 2.24) is 10.3 Å². The maximum Gasteiger partial charge on any atom is 0.256 e. The minimum Gasteiger partial charge on any atom is -0.385 e. The second-order valence-corrected chi connectivity index (χ2v) is 5.23. The van der Waals surface area contributed by atoms with E-state index in [1.165, 1.54) is 0 Å². The third-order valence-electron chi connectivity index (χ3n) is 2.70. The highest BCUT2D eigenvalue weighted by molar-refractivity contribution is 6.00. The summed E-state index contributed by atoms with van der Waals surface area (Å²) in [5, 5.41) is 2.72. The van der Waals surface area contributed by atoms with Gasteiger partial charge >= 0.3 is 0 Å². The van der Waals surface area contributed by atoms with Crippen molar-refractivity contribution >= 4 is 11.7 Å². The van der Waals surface area contributed by atoms with Crippen molar-refractivity contribution in [2.75, 3.05) is 5.73 Å². The van der Waals surface area contributed by atoms with Gasteiger partial charge in [-0.2, -0.15) is 0 Å². The number of nitrogen functional groups attached to an aromatic ring is 1. The molecule has 1 rings (SSSR count). The number of hydrogen-bond donors (Lipinski definition) is 4. The summed E-state index contributed by atoms with van der Waals surface area (Å²) in [4.78, 5) is 15.0. The van der Waals surface area contributed by atoms with Crippen LogP contribution in [0.15, 0.2) is 6.20 Å². The van der Waals surface area contributed by atoms with Gasteiger partial charge in [0, 0.05) is 6.20 Å². The van der Waals surface area contributed by atoms with Crippen LogP contribution in [0.1, 0.15) is 50.0 Å². The lowest BCUT2D eigenvalue weighted by Gasteiger charge is -2.20. The number of anilines is 1. The molecule has 0 radical (unpaired) electrons. The van der Waals surface area contributed by atoms with Crippen molar-refractivity contribution in [3.8, 4) is 0 Å². The summed E-state index contributed by atoms with van der Waals surface area (Å²) in [7, 11) is 0. The maximum absolute atomic E-state index is 12.1. The van der Waals surface area contributed by atoms with E-state index in [-0.39, 0.29) is 17.5 Å². The molecular weight excluding hydrogens is 216 g/mol. The first kappa shape index (κ1) is 13.6. The van der Waals surface area contributed by atoms with Gasteiger partial charge in [-0.15, -0.1) is 0 Å². The van der Waals surface area contributed by atoms with Crippen molar-refractivity contribution < 1.29 is 4.79 Å². The summed E-state index contributed by atoms with van der Waals surface area (Å²) in [6.07, 6.45) is 2.12. The molecule has 0 aliphatic heterocycles. The summed E-state index contributed by atoms with van der Waals surface area (Å²) >= 11 is 0. The molecule has 1 atom stereocenters. The summed E-state index contributed by atoms with van der Waals surface area (Å²) in [5.41, 5.74) is 12.8. The van der Waals surface area contributed by atoms with Gasteiger partial charge in [-0.3, -0.25) is 4.79 Å². The van der Waals surface area contributed by atoms with Gasteiger partial charge in [0.05, 0.1) is 11.7 Å². The van der Waals surface area contributed by atoms with Gasteiger partial charge in [0.15, 0.2) is 0 Å². The quantitative estimate of drug-likeness (QED) is 0.598. The van der Waals surface area contributed by atoms with E-state index in [4.69, 9.17) is 11.5 Å². The molecule has 1 aromatic heterocycles. The fraction of sp³-hybridized carbons (Fsp3) is 0.583. The Bertz CT molecular complexity index is 403. The highest BCUT2D eigenvalue weighted by Crippen LogP contribution is 2.29. The number of nitrogens with one attached hydrogen (secondary N) is 2. The molecule has 0 saturated carbocycles. The van der Waals surface area contributed by atoms with E-state index in [2.05, 4.69) is 10.3 Å². The van der Waals surface area contributed by atoms with Crippen LogP contribution in [0, 0.1) is 0 Å². The molecule has 0 bridgehead atoms. The normalized spacial score (nSPS) is 13.5. The number of aromatic amines is 1. The van der Waals surface area contributed by atoms with E-state index < -0.39 is 0 Å². The number of nitrogens with two attached hydrogens (primary N) is 2. The first-order valence-corrected chi connectivity index (χ1v) is 5.81. The van der Waals surface area contributed by atoms with Gasteiger partial charge in [0.1, 0.15) is 5.82 Å². The van der Waals surface area contributed by atoms with E-state index in [0.29, 0.717) is 17.8 Å². The lowest BCUT2D eigenvalue weighted by Crippen LogP contribution is -2.41. The third-order valence-corrected chi connectivity index (χ3v) is 2.70. The number of amides is 1. The highest BCUT2D eigenvalue weighted by atomic mass is 16.1. The van der Waals surface area contributed by atoms with Gasteiger partial charge in [-0.1, -0.05) is 27.7 Å². The van der Waals surface area contributed by atoms with Crippen LogP contribution in [-0.4, -0.2) is 17.1 Å². The first-order chi connectivity index (χ1) is 7.77. The molecule has 17 heavy (non-hydrogen) atoms. The average molecular weight is 238 g/mol. The molecule has 0 spiro atoms. The Balaban J connectivity index is 3.05. The molecule has 0 fully saturated rings. The third kappa shape index (κ3) is 3.00. The fourth-order valence-corrected chi connectivity index (χ4v) is 1.62. The number of hydrogen-bond acceptors (Lipinski definition) is 3. The van der Waals surface area contributed by atoms with E-state index >= 15 is 0 Å². The highest BCUT2D eigenvalue weighted by Gasteiger charge is 2.25. The van der Waals surface area contributed by atoms with Gasteiger partial charge in [0.25, 0.3) is 5.91 Å². The predicted molar refractivity (Wildman–Crippen MR) is 69.6 cm³/mol. The number of H-pyrrole nitrogens is 1. The van der Waals surface area contributed by atoms with Crippen LogP contribution < -0.4 is 16.8 Å². The number of rotatable bonds is 3. The molecule has 0 saturated heterocycles. The van der Waals surface area contributed by atoms with Crippen LogP contribution in [0.25, 0.3) is 0 Å². The SMILES string of the molecule is CCC(N)NC(=O)c1c(C(C)(C)C)c[nH]c1N. The van der Waals surface area contributed by atoms with Gasteiger partial charge in [-0.05, 0) is 17.4 Å². The monoisotopic (exact) mass is 238 g/mol. The van der Waals surface area contributed by atoms with Gasteiger partial charge in [0.2, 0.25) is 0 Å². The van der Waals surface area contributed by atoms with Crippen LogP contribution in [0.2, 0.25) is 0 Å². The number of carbonyl (C=O) groups excluding carboxylic acids is 1. The Hall–Kier alpha value is -1.49. The second-order valence-electron chi connectivity index (χ2n) is 5.23. The Morgan fingerprint density at radius 2 is 2.12 bits per heavy atom. The number of aromatic nitrogens is 1. The van der Waals surface area contributed by atoms with Crippen molar-refractivity contribution in [2.24, 2.45) is 5.73 Å². The zero-order chi connectivity index (χ0) is 13.2. The molecule has 6 N–H and O–H groups in total. The Labute approximate surface area is 102 Å². The predicted octanol–water partition coefficient (Wildman–Crippen LogP) is 1.32. The van der Waals surface area contributed by atoms with Crippen molar-refractivity contribution in [3.63, 3.8) is 0 Å². The minimum atomic E-state index is -0.343. The van der Waals surface area contributed by atoms with Crippen LogP contribution in [-0.2, 0) is 5.41 Å². The smallest absolute Gasteiger partial charge is 0.256 e. The summed E-state index contributed by atoms with van der Waals surface area (Å²) < 4.78 is 0. The Morgan fingerprint density at radius 1 is 1.53 bits per heavy atom. The van der Waals surface area contributed by atoms with Crippen LogP contribution in [0.4, 0.5) is 5.82 Å². The second kappa shape index (κ2) is 4.79. The van der Waals surface area contributed by atoms with E-state index in [9.17, 15) is 4.79 Å². The molecule has 0 aliphatic carbocycles. The molecule has 96 valence electrons. The van der Waals surface area contributed by atoms with Gasteiger partial charge in [-0.25, -0.2) is 0 Å². The lowest BCUT2D eigenvalue weighted by atomic mass is 9.86. The zero-order valence-electron chi connectivity index (χ0n) is 10.9. The zero-order valence-corrected chi connectivity index (χ0v) is 10.9. The first-order valence-electron chi connectivity index (χ1n) is 5.81. The van der Waals surface area contributed by atoms with Crippen molar-refractivity contribution in [1.29, 1.82) is 0 Å². The Morgan fingerprint density at radius 3 is 2.59 bits per heavy atom. The molecule has 0 aromatic carbocycles. The molecule has 5 nitrogen and oxygen atoms in total. The average Bonchev–Trinajstić information content (AvgIpc) is 2.59. The summed E-state index contributed by atoms with van der Waals surface area (Å²) in [6.45, 7) is 8.01. The number of carbonyl (C=O) groups is 1. The van der Waals surface area contributed by atoms with Crippen molar-refractivity contribution in [3.05, 3.63) is 17.3 Å². The van der Waals surface area contributed by atoms with Crippen LogP contribution in [0.5, 0.6) is 0 Å². The van der Waals surface area contributed by atoms with Crippen LogP contribution >= 0.6 is 0 Å². The lowest BCUT2D eigenvalue weighted by molar-refractivity contribution is 0.0936. The summed E-state index contributed by atoms with van der Waals surface area (Å²) in [5.74, 6) is 0.166. The summed E-state index contributed by atoms with van der Waals surface area (Å²) in [6, 6.07) is 0. The van der Waals surface area contributed by atoms with E-state index in [1.54, 1.807) is 6.20 Å². The van der Waals surface area contributed by atoms with Crippen molar-refractivity contribution in [2.45, 2.75) is 45.7 Å². The Kier molecular flexibility index (Phi) is 3.83. The minimum absolute atomic E-state index is 0.142. The standard InChI is InChI=1S/C12H22N4O/c1-5-8(13)16-11(17)9-7(12(2,3)4)6-15-10(9)14/h6,8,15H,5,13-14H2,1-4H3,(H,16,17). The molecule has 5 heteroatoms. The fourth-order valence-electron chi connectivity index (χ4n) is 1.62. The molecule has 1 heterocycles. The molecule has 0 aliphatic rings. The maximum atomic E-state index is 12.1. The van der Waals surface area contributed by atoms with Crippen LogP contribution in [0.3, 0.4) is 0 Å². The molecule has 1 aromatic rings.